The van der Waals surface area contributed by atoms with Gasteiger partial charge in [0.1, 0.15) is 0 Å². The molecule has 0 saturated heterocycles. The molecule has 0 unspecified atom stereocenters. The van der Waals surface area contributed by atoms with Crippen LogP contribution in [0.15, 0.2) is 18.2 Å². The molecule has 0 bridgehead atoms. The number of hydrogen-bond acceptors (Lipinski definition) is 3. The molecule has 0 radical (unpaired) electrons. The predicted molar refractivity (Wildman–Crippen MR) is 76.5 cm³/mol. The van der Waals surface area contributed by atoms with Crippen molar-refractivity contribution in [1.29, 1.82) is 0 Å². The fourth-order valence-corrected chi connectivity index (χ4v) is 2.38. The molecule has 1 aromatic rings. The van der Waals surface area contributed by atoms with Crippen molar-refractivity contribution in [2.24, 2.45) is 0 Å². The van der Waals surface area contributed by atoms with Crippen LogP contribution in [-0.4, -0.2) is 43.2 Å². The highest BCUT2D eigenvalue weighted by Gasteiger charge is 2.25. The van der Waals surface area contributed by atoms with E-state index in [4.69, 9.17) is 0 Å². The fourth-order valence-electron chi connectivity index (χ4n) is 2.38. The molecule has 0 atom stereocenters. The lowest BCUT2D eigenvalue weighted by Gasteiger charge is -2.30. The number of carboxylic acids is 1. The highest BCUT2D eigenvalue weighted by Crippen LogP contribution is 2.29. The number of nitrogens with zero attached hydrogens (tertiary/aromatic N) is 1. The molecule has 3 N–H and O–H groups in total. The molecule has 2 rings (SSSR count). The first-order valence-corrected chi connectivity index (χ1v) is 6.65. The van der Waals surface area contributed by atoms with Gasteiger partial charge in [-0.15, -0.1) is 0 Å². The van der Waals surface area contributed by atoms with E-state index in [0.717, 1.165) is 0 Å². The van der Waals surface area contributed by atoms with Crippen molar-refractivity contribution >= 4 is 23.6 Å². The third-order valence-corrected chi connectivity index (χ3v) is 3.41. The van der Waals surface area contributed by atoms with Crippen LogP contribution in [0.1, 0.15) is 22.3 Å². The molecule has 0 aliphatic carbocycles. The zero-order chi connectivity index (χ0) is 15.4. The van der Waals surface area contributed by atoms with Gasteiger partial charge in [0.05, 0.1) is 12.1 Å². The van der Waals surface area contributed by atoms with Crippen LogP contribution < -0.4 is 15.5 Å². The number of likely N-dealkylation sites (N-methyl/N-ethyl adjacent to an activating group) is 1. The molecule has 7 nitrogen and oxygen atoms in total. The van der Waals surface area contributed by atoms with Crippen molar-refractivity contribution < 1.29 is 19.5 Å². The Balaban J connectivity index is 2.22. The van der Waals surface area contributed by atoms with Crippen LogP contribution >= 0.6 is 0 Å². The number of nitrogens with one attached hydrogen (secondary N) is 2. The van der Waals surface area contributed by atoms with E-state index in [1.165, 1.54) is 18.0 Å². The largest absolute Gasteiger partial charge is 0.478 e. The molecule has 21 heavy (non-hydrogen) atoms. The van der Waals surface area contributed by atoms with E-state index in [1.54, 1.807) is 12.1 Å². The Kier molecular flexibility index (Phi) is 4.42. The molecular weight excluding hydrogens is 274 g/mol. The van der Waals surface area contributed by atoms with Gasteiger partial charge < -0.3 is 15.7 Å². The lowest BCUT2D eigenvalue weighted by Crippen LogP contribution is -2.46. The summed E-state index contributed by atoms with van der Waals surface area (Å²) in [6.45, 7) is 0.384. The van der Waals surface area contributed by atoms with E-state index in [9.17, 15) is 19.5 Å². The van der Waals surface area contributed by atoms with Crippen molar-refractivity contribution in [3.8, 4) is 0 Å². The van der Waals surface area contributed by atoms with Crippen LogP contribution in [0.25, 0.3) is 0 Å². The maximum Gasteiger partial charge on any atom is 0.336 e. The number of benzene rings is 1. The molecule has 3 amide bonds. The Morgan fingerprint density at radius 3 is 2.76 bits per heavy atom. The summed E-state index contributed by atoms with van der Waals surface area (Å²) in [4.78, 5) is 36.0. The minimum Gasteiger partial charge on any atom is -0.478 e. The van der Waals surface area contributed by atoms with E-state index in [1.807, 2.05) is 0 Å². The first-order chi connectivity index (χ1) is 10.0. The second kappa shape index (κ2) is 6.25. The van der Waals surface area contributed by atoms with Crippen LogP contribution in [0.3, 0.4) is 0 Å². The molecule has 0 spiro atoms. The SMILES string of the molecule is CNC(=O)CNC(=O)N1CCCc2c(C(=O)O)cccc21. The molecule has 1 aliphatic heterocycles. The Morgan fingerprint density at radius 2 is 2.10 bits per heavy atom. The smallest absolute Gasteiger partial charge is 0.336 e. The second-order valence-electron chi connectivity index (χ2n) is 4.70. The minimum atomic E-state index is -1.00. The first kappa shape index (κ1) is 14.8. The minimum absolute atomic E-state index is 0.111. The highest BCUT2D eigenvalue weighted by molar-refractivity contribution is 5.98. The summed E-state index contributed by atoms with van der Waals surface area (Å²) in [7, 11) is 1.49. The second-order valence-corrected chi connectivity index (χ2v) is 4.70. The van der Waals surface area contributed by atoms with Crippen molar-refractivity contribution in [2.45, 2.75) is 12.8 Å². The monoisotopic (exact) mass is 291 g/mol. The number of carboxylic acid groups (broad SMARTS) is 1. The molecule has 1 aromatic carbocycles. The summed E-state index contributed by atoms with van der Waals surface area (Å²) < 4.78 is 0. The lowest BCUT2D eigenvalue weighted by atomic mass is 9.96. The van der Waals surface area contributed by atoms with Gasteiger partial charge in [-0.2, -0.15) is 0 Å². The van der Waals surface area contributed by atoms with Gasteiger partial charge in [-0.05, 0) is 30.5 Å². The fraction of sp³-hybridized carbons (Fsp3) is 0.357. The summed E-state index contributed by atoms with van der Waals surface area (Å²) >= 11 is 0. The predicted octanol–water partition coefficient (Wildman–Crippen LogP) is 0.593. The number of carbonyl (C=O) groups excluding carboxylic acids is 2. The molecule has 1 heterocycles. The Bertz CT molecular complexity index is 586. The van der Waals surface area contributed by atoms with Gasteiger partial charge in [0, 0.05) is 19.3 Å². The number of anilines is 1. The molecule has 0 fully saturated rings. The molecule has 1 aliphatic rings. The van der Waals surface area contributed by atoms with Crippen LogP contribution in [-0.2, 0) is 11.2 Å². The number of fused-ring (bicyclic) bond motifs is 1. The standard InChI is InChI=1S/C14H17N3O4/c1-15-12(18)8-16-14(21)17-7-3-5-9-10(13(19)20)4-2-6-11(9)17/h2,4,6H,3,5,7-8H2,1H3,(H,15,18)(H,16,21)(H,19,20). The molecule has 0 saturated carbocycles. The number of hydrogen-bond donors (Lipinski definition) is 3. The number of amides is 3. The van der Waals surface area contributed by atoms with Crippen LogP contribution in [0.4, 0.5) is 10.5 Å². The van der Waals surface area contributed by atoms with Crippen molar-refractivity contribution in [1.82, 2.24) is 10.6 Å². The summed E-state index contributed by atoms with van der Waals surface area (Å²) in [5.41, 5.74) is 1.47. The van der Waals surface area contributed by atoms with E-state index >= 15 is 0 Å². The van der Waals surface area contributed by atoms with E-state index < -0.39 is 12.0 Å². The van der Waals surface area contributed by atoms with Gasteiger partial charge in [0.2, 0.25) is 5.91 Å². The first-order valence-electron chi connectivity index (χ1n) is 6.65. The van der Waals surface area contributed by atoms with Gasteiger partial charge in [0.25, 0.3) is 0 Å². The number of carbonyl (C=O) groups is 3. The quantitative estimate of drug-likeness (QED) is 0.759. The maximum atomic E-state index is 12.1. The Hall–Kier alpha value is -2.57. The Labute approximate surface area is 121 Å². The van der Waals surface area contributed by atoms with Crippen molar-refractivity contribution in [2.75, 3.05) is 25.0 Å². The summed E-state index contributed by atoms with van der Waals surface area (Å²) in [5, 5.41) is 14.1. The van der Waals surface area contributed by atoms with Crippen LogP contribution in [0, 0.1) is 0 Å². The average Bonchev–Trinajstić information content (AvgIpc) is 2.50. The van der Waals surface area contributed by atoms with Gasteiger partial charge in [0.15, 0.2) is 0 Å². The number of urea groups is 1. The van der Waals surface area contributed by atoms with Crippen LogP contribution in [0.5, 0.6) is 0 Å². The zero-order valence-corrected chi connectivity index (χ0v) is 11.7. The van der Waals surface area contributed by atoms with Gasteiger partial charge >= 0.3 is 12.0 Å². The molecular formula is C14H17N3O4. The Morgan fingerprint density at radius 1 is 1.33 bits per heavy atom. The maximum absolute atomic E-state index is 12.1. The molecule has 0 aromatic heterocycles. The summed E-state index contributed by atoms with van der Waals surface area (Å²) in [6.07, 6.45) is 1.31. The lowest BCUT2D eigenvalue weighted by molar-refractivity contribution is -0.119. The van der Waals surface area contributed by atoms with Crippen molar-refractivity contribution in [3.05, 3.63) is 29.3 Å². The van der Waals surface area contributed by atoms with Crippen molar-refractivity contribution in [3.63, 3.8) is 0 Å². The number of aromatic carboxylic acids is 1. The van der Waals surface area contributed by atoms with E-state index in [0.29, 0.717) is 30.6 Å². The summed E-state index contributed by atoms with van der Waals surface area (Å²) in [5.74, 6) is -1.29. The van der Waals surface area contributed by atoms with Crippen LogP contribution in [0.2, 0.25) is 0 Å². The topological polar surface area (TPSA) is 98.7 Å². The normalized spacial score (nSPS) is 13.3. The van der Waals surface area contributed by atoms with E-state index in [-0.39, 0.29) is 18.0 Å². The van der Waals surface area contributed by atoms with Gasteiger partial charge in [-0.1, -0.05) is 6.07 Å². The third kappa shape index (κ3) is 3.13. The zero-order valence-electron chi connectivity index (χ0n) is 11.7. The third-order valence-electron chi connectivity index (χ3n) is 3.41. The molecule has 112 valence electrons. The highest BCUT2D eigenvalue weighted by atomic mass is 16.4. The van der Waals surface area contributed by atoms with Gasteiger partial charge in [-0.25, -0.2) is 9.59 Å². The van der Waals surface area contributed by atoms with E-state index in [2.05, 4.69) is 10.6 Å². The number of rotatable bonds is 3. The molecule has 7 heteroatoms. The summed E-state index contributed by atoms with van der Waals surface area (Å²) in [6, 6.07) is 4.47. The van der Waals surface area contributed by atoms with Gasteiger partial charge in [-0.3, -0.25) is 9.69 Å². The average molecular weight is 291 g/mol.